The molecule has 1 N–H and O–H groups in total. The van der Waals surface area contributed by atoms with E-state index < -0.39 is 33.6 Å². The van der Waals surface area contributed by atoms with E-state index in [1.54, 1.807) is 0 Å². The highest BCUT2D eigenvalue weighted by Crippen LogP contribution is 2.23. The lowest BCUT2D eigenvalue weighted by Gasteiger charge is -2.29. The molecule has 1 amide bonds. The predicted octanol–water partition coefficient (Wildman–Crippen LogP) is 3.26. The van der Waals surface area contributed by atoms with Crippen LogP contribution in [-0.4, -0.2) is 32.7 Å². The quantitative estimate of drug-likeness (QED) is 0.727. The summed E-state index contributed by atoms with van der Waals surface area (Å²) in [4.78, 5) is 12.6. The molecule has 0 aliphatic rings. The van der Waals surface area contributed by atoms with Crippen molar-refractivity contribution in [1.29, 1.82) is 0 Å². The lowest BCUT2D eigenvalue weighted by molar-refractivity contribution is -0.122. The third-order valence-corrected chi connectivity index (χ3v) is 5.59. The van der Waals surface area contributed by atoms with Crippen LogP contribution in [0.15, 0.2) is 48.5 Å². The zero-order chi connectivity index (χ0) is 20.9. The van der Waals surface area contributed by atoms with Crippen LogP contribution in [0.25, 0.3) is 0 Å². The Morgan fingerprint density at radius 3 is 2.29 bits per heavy atom. The van der Waals surface area contributed by atoms with Crippen LogP contribution in [-0.2, 0) is 21.2 Å². The number of nitrogens with one attached hydrogen (secondary N) is 1. The Hall–Kier alpha value is -2.48. The largest absolute Gasteiger partial charge is 0.352 e. The summed E-state index contributed by atoms with van der Waals surface area (Å²) in [6.07, 6.45) is 2.35. The Bertz CT molecular complexity index is 920. The van der Waals surface area contributed by atoms with E-state index in [1.807, 2.05) is 37.3 Å². The van der Waals surface area contributed by atoms with Crippen LogP contribution in [0.1, 0.15) is 25.8 Å². The minimum Gasteiger partial charge on any atom is -0.352 e. The first-order chi connectivity index (χ1) is 13.1. The van der Waals surface area contributed by atoms with Gasteiger partial charge in [-0.1, -0.05) is 30.3 Å². The number of hydrogen-bond donors (Lipinski definition) is 1. The van der Waals surface area contributed by atoms with E-state index in [-0.39, 0.29) is 11.7 Å². The zero-order valence-electron chi connectivity index (χ0n) is 16.0. The Labute approximate surface area is 164 Å². The van der Waals surface area contributed by atoms with Gasteiger partial charge in [0, 0.05) is 12.1 Å². The highest BCUT2D eigenvalue weighted by Gasteiger charge is 2.30. The number of nitrogens with zero attached hydrogens (tertiary/aromatic N) is 1. The van der Waals surface area contributed by atoms with Crippen LogP contribution in [0.5, 0.6) is 0 Å². The SMILES string of the molecule is C[C@H](CCc1ccccc1)NC(=O)[C@@H](C)N(c1ccc(F)c(F)c1)S(C)(=O)=O. The molecule has 2 rings (SSSR count). The normalized spacial score (nSPS) is 13.6. The fourth-order valence-electron chi connectivity index (χ4n) is 2.89. The summed E-state index contributed by atoms with van der Waals surface area (Å²) < 4.78 is 51.9. The van der Waals surface area contributed by atoms with Crippen molar-refractivity contribution >= 4 is 21.6 Å². The van der Waals surface area contributed by atoms with Gasteiger partial charge >= 0.3 is 0 Å². The van der Waals surface area contributed by atoms with Gasteiger partial charge in [0.2, 0.25) is 15.9 Å². The van der Waals surface area contributed by atoms with Gasteiger partial charge < -0.3 is 5.32 Å². The number of rotatable bonds is 8. The van der Waals surface area contributed by atoms with Crippen molar-refractivity contribution in [3.05, 3.63) is 65.7 Å². The van der Waals surface area contributed by atoms with Crippen LogP contribution >= 0.6 is 0 Å². The van der Waals surface area contributed by atoms with Gasteiger partial charge in [-0.3, -0.25) is 9.10 Å². The van der Waals surface area contributed by atoms with Crippen molar-refractivity contribution in [3.8, 4) is 0 Å². The average Bonchev–Trinajstić information content (AvgIpc) is 2.62. The molecule has 0 aliphatic carbocycles. The van der Waals surface area contributed by atoms with Crippen molar-refractivity contribution in [2.75, 3.05) is 10.6 Å². The Kier molecular flexibility index (Phi) is 7.12. The summed E-state index contributed by atoms with van der Waals surface area (Å²) in [6.45, 7) is 3.23. The van der Waals surface area contributed by atoms with Crippen LogP contribution < -0.4 is 9.62 Å². The molecule has 28 heavy (non-hydrogen) atoms. The molecule has 0 aliphatic heterocycles. The van der Waals surface area contributed by atoms with Gasteiger partial charge in [-0.05, 0) is 44.4 Å². The molecule has 0 heterocycles. The summed E-state index contributed by atoms with van der Waals surface area (Å²) in [6, 6.07) is 11.2. The molecule has 0 spiro atoms. The molecule has 2 aromatic rings. The van der Waals surface area contributed by atoms with Crippen molar-refractivity contribution in [2.45, 2.75) is 38.8 Å². The maximum atomic E-state index is 13.6. The number of amides is 1. The highest BCUT2D eigenvalue weighted by molar-refractivity contribution is 7.92. The zero-order valence-corrected chi connectivity index (χ0v) is 16.8. The van der Waals surface area contributed by atoms with E-state index in [0.717, 1.165) is 40.7 Å². The average molecular weight is 410 g/mol. The van der Waals surface area contributed by atoms with Crippen molar-refractivity contribution in [2.24, 2.45) is 0 Å². The van der Waals surface area contributed by atoms with Crippen LogP contribution in [0.3, 0.4) is 0 Å². The third-order valence-electron chi connectivity index (χ3n) is 4.34. The molecule has 0 aromatic heterocycles. The highest BCUT2D eigenvalue weighted by atomic mass is 32.2. The van der Waals surface area contributed by atoms with Gasteiger partial charge in [-0.2, -0.15) is 0 Å². The second-order valence-corrected chi connectivity index (χ2v) is 8.63. The fourth-order valence-corrected chi connectivity index (χ4v) is 4.06. The first kappa shape index (κ1) is 21.8. The Balaban J connectivity index is 2.09. The smallest absolute Gasteiger partial charge is 0.243 e. The van der Waals surface area contributed by atoms with E-state index in [2.05, 4.69) is 5.32 Å². The molecule has 2 aromatic carbocycles. The summed E-state index contributed by atoms with van der Waals surface area (Å²) in [5.74, 6) is -2.80. The standard InChI is InChI=1S/C20H24F2N2O3S/c1-14(9-10-16-7-5-4-6-8-16)23-20(25)15(2)24(28(3,26)27)17-11-12-18(21)19(22)13-17/h4-8,11-15H,9-10H2,1-3H3,(H,23,25)/t14-,15-/m1/s1. The molecule has 2 atom stereocenters. The van der Waals surface area contributed by atoms with Gasteiger partial charge in [0.25, 0.3) is 0 Å². The monoisotopic (exact) mass is 410 g/mol. The van der Waals surface area contributed by atoms with E-state index in [1.165, 1.54) is 6.92 Å². The minimum absolute atomic E-state index is 0.110. The van der Waals surface area contributed by atoms with E-state index >= 15 is 0 Å². The third kappa shape index (κ3) is 5.76. The van der Waals surface area contributed by atoms with Gasteiger partial charge in [0.1, 0.15) is 6.04 Å². The fraction of sp³-hybridized carbons (Fsp3) is 0.350. The molecule has 0 bridgehead atoms. The van der Waals surface area contributed by atoms with Crippen LogP contribution in [0.4, 0.5) is 14.5 Å². The van der Waals surface area contributed by atoms with Crippen molar-refractivity contribution in [3.63, 3.8) is 0 Å². The summed E-state index contributed by atoms with van der Waals surface area (Å²) in [5, 5.41) is 2.79. The number of anilines is 1. The van der Waals surface area contributed by atoms with Crippen molar-refractivity contribution < 1.29 is 22.0 Å². The van der Waals surface area contributed by atoms with Crippen LogP contribution in [0.2, 0.25) is 0 Å². The molecular weight excluding hydrogens is 386 g/mol. The summed E-state index contributed by atoms with van der Waals surface area (Å²) >= 11 is 0. The number of sulfonamides is 1. The Morgan fingerprint density at radius 2 is 1.71 bits per heavy atom. The predicted molar refractivity (Wildman–Crippen MR) is 106 cm³/mol. The maximum absolute atomic E-state index is 13.6. The van der Waals surface area contributed by atoms with Crippen molar-refractivity contribution in [1.82, 2.24) is 5.32 Å². The molecule has 0 saturated heterocycles. The molecule has 0 saturated carbocycles. The molecule has 152 valence electrons. The summed E-state index contributed by atoms with van der Waals surface area (Å²) in [7, 11) is -3.90. The van der Waals surface area contributed by atoms with E-state index in [9.17, 15) is 22.0 Å². The molecule has 0 unspecified atom stereocenters. The summed E-state index contributed by atoms with van der Waals surface area (Å²) in [5.41, 5.74) is 1.03. The molecular formula is C20H24F2N2O3S. The first-order valence-corrected chi connectivity index (χ1v) is 10.7. The minimum atomic E-state index is -3.90. The van der Waals surface area contributed by atoms with Crippen LogP contribution in [0, 0.1) is 11.6 Å². The number of halogens is 2. The maximum Gasteiger partial charge on any atom is 0.243 e. The lowest BCUT2D eigenvalue weighted by atomic mass is 10.1. The van der Waals surface area contributed by atoms with Gasteiger partial charge in [0.15, 0.2) is 11.6 Å². The molecule has 0 fully saturated rings. The second kappa shape index (κ2) is 9.14. The second-order valence-electron chi connectivity index (χ2n) is 6.77. The molecule has 5 nitrogen and oxygen atoms in total. The number of carbonyl (C=O) groups is 1. The van der Waals surface area contributed by atoms with E-state index in [4.69, 9.17) is 0 Å². The van der Waals surface area contributed by atoms with Gasteiger partial charge in [-0.15, -0.1) is 0 Å². The lowest BCUT2D eigenvalue weighted by Crippen LogP contribution is -2.50. The topological polar surface area (TPSA) is 66.5 Å². The number of hydrogen-bond acceptors (Lipinski definition) is 3. The first-order valence-electron chi connectivity index (χ1n) is 8.88. The Morgan fingerprint density at radius 1 is 1.07 bits per heavy atom. The molecule has 8 heteroatoms. The van der Waals surface area contributed by atoms with E-state index in [0.29, 0.717) is 6.42 Å². The number of aryl methyl sites for hydroxylation is 1. The van der Waals surface area contributed by atoms with Gasteiger partial charge in [0.05, 0.1) is 11.9 Å². The number of carbonyl (C=O) groups excluding carboxylic acids is 1. The van der Waals surface area contributed by atoms with Gasteiger partial charge in [-0.25, -0.2) is 17.2 Å². The number of benzene rings is 2. The molecule has 0 radical (unpaired) electrons.